The molecule has 2 unspecified atom stereocenters. The fraction of sp³-hybridized carbons (Fsp3) is 0.538. The van der Waals surface area contributed by atoms with E-state index in [0.29, 0.717) is 12.2 Å². The first-order valence-corrected chi connectivity index (χ1v) is 6.15. The normalized spacial score (nSPS) is 14.9. The maximum Gasteiger partial charge on any atom is 0.105 e. The molecule has 0 aliphatic heterocycles. The van der Waals surface area contributed by atoms with E-state index in [4.69, 9.17) is 0 Å². The molecule has 0 aliphatic rings. The van der Waals surface area contributed by atoms with E-state index in [9.17, 15) is 10.2 Å². The lowest BCUT2D eigenvalue weighted by Gasteiger charge is -2.21. The minimum Gasteiger partial charge on any atom is -0.390 e. The third kappa shape index (κ3) is 3.00. The summed E-state index contributed by atoms with van der Waals surface area (Å²) in [6.07, 6.45) is -1.05. The van der Waals surface area contributed by atoms with Crippen LogP contribution in [0.15, 0.2) is 12.1 Å². The van der Waals surface area contributed by atoms with Crippen molar-refractivity contribution < 1.29 is 10.2 Å². The number of hydrogen-bond donors (Lipinski definition) is 3. The Balaban J connectivity index is 3.03. The molecule has 0 fully saturated rings. The van der Waals surface area contributed by atoms with Crippen LogP contribution in [0.4, 0.5) is 0 Å². The second-order valence-corrected chi connectivity index (χ2v) is 4.78. The molecule has 1 rings (SSSR count). The zero-order chi connectivity index (χ0) is 12.3. The van der Waals surface area contributed by atoms with E-state index in [-0.39, 0.29) is 0 Å². The molecule has 1 aromatic carbocycles. The molecule has 0 aliphatic carbocycles. The molecular weight excluding hydrogens is 220 g/mol. The van der Waals surface area contributed by atoms with Gasteiger partial charge in [-0.2, -0.15) is 12.6 Å². The topological polar surface area (TPSA) is 40.5 Å². The maximum atomic E-state index is 10.1. The predicted octanol–water partition coefficient (Wildman–Crippen LogP) is 2.33. The highest BCUT2D eigenvalue weighted by Crippen LogP contribution is 2.27. The number of aliphatic hydroxyl groups excluding tert-OH is 2. The summed E-state index contributed by atoms with van der Waals surface area (Å²) in [5.74, 6) is 0.572. The van der Waals surface area contributed by atoms with Gasteiger partial charge in [0.1, 0.15) is 6.10 Å². The molecule has 1 aromatic rings. The number of hydrogen-bond acceptors (Lipinski definition) is 3. The molecule has 0 saturated carbocycles. The van der Waals surface area contributed by atoms with Crippen molar-refractivity contribution in [1.29, 1.82) is 0 Å². The first-order chi connectivity index (χ1) is 7.47. The molecule has 90 valence electrons. The fourth-order valence-electron chi connectivity index (χ4n) is 2.14. The van der Waals surface area contributed by atoms with Crippen molar-refractivity contribution in [2.24, 2.45) is 0 Å². The Bertz CT molecular complexity index is 340. The molecule has 0 radical (unpaired) electrons. The smallest absolute Gasteiger partial charge is 0.105 e. The lowest BCUT2D eigenvalue weighted by atomic mass is 9.92. The van der Waals surface area contributed by atoms with Crippen molar-refractivity contribution >= 4 is 12.6 Å². The van der Waals surface area contributed by atoms with Gasteiger partial charge in [-0.15, -0.1) is 0 Å². The minimum absolute atomic E-state index is 0.497. The van der Waals surface area contributed by atoms with E-state index >= 15 is 0 Å². The molecule has 2 N–H and O–H groups in total. The van der Waals surface area contributed by atoms with Crippen molar-refractivity contribution in [2.75, 3.05) is 5.75 Å². The van der Waals surface area contributed by atoms with Crippen LogP contribution >= 0.6 is 12.6 Å². The van der Waals surface area contributed by atoms with Crippen LogP contribution in [0.3, 0.4) is 0 Å². The van der Waals surface area contributed by atoms with Gasteiger partial charge in [-0.1, -0.05) is 17.7 Å². The molecule has 2 atom stereocenters. The molecule has 3 heteroatoms. The van der Waals surface area contributed by atoms with Gasteiger partial charge in [0.2, 0.25) is 0 Å². The van der Waals surface area contributed by atoms with E-state index < -0.39 is 12.2 Å². The third-order valence-electron chi connectivity index (χ3n) is 2.82. The van der Waals surface area contributed by atoms with Crippen LogP contribution in [0.2, 0.25) is 0 Å². The summed E-state index contributed by atoms with van der Waals surface area (Å²) < 4.78 is 0. The summed E-state index contributed by atoms with van der Waals surface area (Å²) in [4.78, 5) is 0. The fourth-order valence-corrected chi connectivity index (χ4v) is 2.40. The largest absolute Gasteiger partial charge is 0.390 e. The summed E-state index contributed by atoms with van der Waals surface area (Å²) in [5, 5.41) is 19.9. The summed E-state index contributed by atoms with van der Waals surface area (Å²) in [5.41, 5.74) is 4.08. The van der Waals surface area contributed by atoms with Crippen LogP contribution < -0.4 is 0 Å². The minimum atomic E-state index is -0.812. The molecule has 0 saturated heterocycles. The highest BCUT2D eigenvalue weighted by Gasteiger charge is 2.21. The van der Waals surface area contributed by atoms with Crippen molar-refractivity contribution in [2.45, 2.75) is 39.4 Å². The van der Waals surface area contributed by atoms with Crippen molar-refractivity contribution in [3.8, 4) is 0 Å². The highest BCUT2D eigenvalue weighted by atomic mass is 32.1. The van der Waals surface area contributed by atoms with Gasteiger partial charge in [-0.25, -0.2) is 0 Å². The van der Waals surface area contributed by atoms with Crippen LogP contribution in [-0.4, -0.2) is 22.1 Å². The third-order valence-corrected chi connectivity index (χ3v) is 3.08. The monoisotopic (exact) mass is 240 g/mol. The summed E-state index contributed by atoms with van der Waals surface area (Å²) in [6, 6.07) is 4.05. The van der Waals surface area contributed by atoms with Crippen molar-refractivity contribution in [3.05, 3.63) is 34.4 Å². The van der Waals surface area contributed by atoms with Gasteiger partial charge >= 0.3 is 0 Å². The molecule has 0 heterocycles. The second-order valence-electron chi connectivity index (χ2n) is 4.34. The molecule has 0 amide bonds. The standard InChI is InChI=1S/C13H20O2S/c1-8-6-9(2)12(10(3)7-8)13(15)11(14)4-5-16/h6-7,11,13-16H,4-5H2,1-3H3. The molecule has 0 aromatic heterocycles. The Morgan fingerprint density at radius 3 is 2.06 bits per heavy atom. The van der Waals surface area contributed by atoms with Gasteiger partial charge < -0.3 is 10.2 Å². The van der Waals surface area contributed by atoms with E-state index in [2.05, 4.69) is 12.6 Å². The molecule has 0 bridgehead atoms. The average molecular weight is 240 g/mol. The molecule has 16 heavy (non-hydrogen) atoms. The highest BCUT2D eigenvalue weighted by molar-refractivity contribution is 7.80. The SMILES string of the molecule is Cc1cc(C)c(C(O)C(O)CCS)c(C)c1. The van der Waals surface area contributed by atoms with Gasteiger partial charge in [0.05, 0.1) is 6.10 Å². The molecule has 2 nitrogen and oxygen atoms in total. The average Bonchev–Trinajstić information content (AvgIpc) is 2.16. The molecule has 0 spiro atoms. The van der Waals surface area contributed by atoms with Crippen molar-refractivity contribution in [1.82, 2.24) is 0 Å². The van der Waals surface area contributed by atoms with Crippen LogP contribution in [0.5, 0.6) is 0 Å². The van der Waals surface area contributed by atoms with Gasteiger partial charge in [-0.3, -0.25) is 0 Å². The Kier molecular flexibility index (Phi) is 4.84. The van der Waals surface area contributed by atoms with Crippen LogP contribution in [0, 0.1) is 20.8 Å². The van der Waals surface area contributed by atoms with E-state index in [1.807, 2.05) is 32.9 Å². The second kappa shape index (κ2) is 5.71. The summed E-state index contributed by atoms with van der Waals surface area (Å²) >= 11 is 4.06. The number of aryl methyl sites for hydroxylation is 3. The Labute approximate surface area is 103 Å². The first-order valence-electron chi connectivity index (χ1n) is 5.52. The Hall–Kier alpha value is -0.510. The van der Waals surface area contributed by atoms with Crippen molar-refractivity contribution in [3.63, 3.8) is 0 Å². The van der Waals surface area contributed by atoms with E-state index in [0.717, 1.165) is 16.7 Å². The van der Waals surface area contributed by atoms with E-state index in [1.54, 1.807) is 0 Å². The predicted molar refractivity (Wildman–Crippen MR) is 70.1 cm³/mol. The number of benzene rings is 1. The van der Waals surface area contributed by atoms with Gasteiger partial charge in [0.25, 0.3) is 0 Å². The summed E-state index contributed by atoms with van der Waals surface area (Å²) in [6.45, 7) is 5.96. The zero-order valence-corrected chi connectivity index (χ0v) is 11.0. The van der Waals surface area contributed by atoms with E-state index in [1.165, 1.54) is 5.56 Å². The zero-order valence-electron chi connectivity index (χ0n) is 10.1. The van der Waals surface area contributed by atoms with Crippen LogP contribution in [0.25, 0.3) is 0 Å². The van der Waals surface area contributed by atoms with Gasteiger partial charge in [-0.05, 0) is 49.6 Å². The number of thiol groups is 1. The Morgan fingerprint density at radius 1 is 1.12 bits per heavy atom. The number of rotatable bonds is 4. The summed E-state index contributed by atoms with van der Waals surface area (Å²) in [7, 11) is 0. The lowest BCUT2D eigenvalue weighted by Crippen LogP contribution is -2.20. The molecular formula is C13H20O2S. The maximum absolute atomic E-state index is 10.1. The number of aliphatic hydroxyl groups is 2. The van der Waals surface area contributed by atoms with Gasteiger partial charge in [0, 0.05) is 0 Å². The Morgan fingerprint density at radius 2 is 1.62 bits per heavy atom. The van der Waals surface area contributed by atoms with Crippen LogP contribution in [0.1, 0.15) is 34.8 Å². The lowest BCUT2D eigenvalue weighted by molar-refractivity contribution is 0.0165. The first kappa shape index (κ1) is 13.6. The van der Waals surface area contributed by atoms with Gasteiger partial charge in [0.15, 0.2) is 0 Å². The quantitative estimate of drug-likeness (QED) is 0.707. The van der Waals surface area contributed by atoms with Crippen LogP contribution in [-0.2, 0) is 0 Å².